The third kappa shape index (κ3) is 1.97. The lowest BCUT2D eigenvalue weighted by Crippen LogP contribution is -2.04. The predicted molar refractivity (Wildman–Crippen MR) is 50.8 cm³/mol. The molecule has 0 spiro atoms. The fourth-order valence-corrected chi connectivity index (χ4v) is 1.56. The van der Waals surface area contributed by atoms with Crippen molar-refractivity contribution < 1.29 is 9.63 Å². The molecular weight excluding hydrogens is 202 g/mol. The zero-order valence-electron chi connectivity index (χ0n) is 7.54. The molecule has 0 aliphatic carbocycles. The third-order valence-corrected chi connectivity index (χ3v) is 2.36. The highest BCUT2D eigenvalue weighted by Gasteiger charge is 2.11. The van der Waals surface area contributed by atoms with Crippen molar-refractivity contribution in [2.45, 2.75) is 19.4 Å². The van der Waals surface area contributed by atoms with Crippen LogP contribution in [0.4, 0.5) is 0 Å². The van der Waals surface area contributed by atoms with Gasteiger partial charge in [0.15, 0.2) is 0 Å². The molecule has 74 valence electrons. The van der Waals surface area contributed by atoms with E-state index in [1.807, 2.05) is 0 Å². The topological polar surface area (TPSA) is 72.0 Å². The Morgan fingerprint density at radius 3 is 3.14 bits per heavy atom. The molecule has 2 aromatic heterocycles. The van der Waals surface area contributed by atoms with Crippen molar-refractivity contribution in [1.82, 2.24) is 15.1 Å². The maximum atomic E-state index is 9.11. The summed E-state index contributed by atoms with van der Waals surface area (Å²) in [6, 6.07) is 0. The smallest absolute Gasteiger partial charge is 0.229 e. The maximum absolute atomic E-state index is 9.11. The van der Waals surface area contributed by atoms with E-state index in [0.29, 0.717) is 18.1 Å². The summed E-state index contributed by atoms with van der Waals surface area (Å²) in [4.78, 5) is 8.91. The van der Waals surface area contributed by atoms with E-state index in [1.165, 1.54) is 11.3 Å². The van der Waals surface area contributed by atoms with Crippen LogP contribution in [0.25, 0.3) is 10.7 Å². The highest BCUT2D eigenvalue weighted by molar-refractivity contribution is 7.13. The quantitative estimate of drug-likeness (QED) is 0.823. The van der Waals surface area contributed by atoms with Gasteiger partial charge in [0, 0.05) is 6.20 Å². The lowest BCUT2D eigenvalue weighted by Gasteiger charge is -1.95. The summed E-state index contributed by atoms with van der Waals surface area (Å²) in [6.45, 7) is 1.68. The molecular formula is C8H9N3O2S. The number of thiazole rings is 1. The summed E-state index contributed by atoms with van der Waals surface area (Å²) in [6.07, 6.45) is 1.60. The zero-order chi connectivity index (χ0) is 9.97. The number of nitrogens with zero attached hydrogens (tertiary/aromatic N) is 3. The monoisotopic (exact) mass is 211 g/mol. The van der Waals surface area contributed by atoms with Crippen molar-refractivity contribution in [2.75, 3.05) is 0 Å². The van der Waals surface area contributed by atoms with Gasteiger partial charge in [-0.05, 0) is 6.92 Å². The highest BCUT2D eigenvalue weighted by atomic mass is 32.1. The molecule has 5 nitrogen and oxygen atoms in total. The van der Waals surface area contributed by atoms with Crippen molar-refractivity contribution in [3.8, 4) is 10.7 Å². The Balaban J connectivity index is 2.18. The van der Waals surface area contributed by atoms with Crippen molar-refractivity contribution in [3.63, 3.8) is 0 Å². The summed E-state index contributed by atoms with van der Waals surface area (Å²) in [5.41, 5.74) is 1.71. The first-order valence-electron chi connectivity index (χ1n) is 4.15. The molecule has 0 aliphatic heterocycles. The van der Waals surface area contributed by atoms with Crippen LogP contribution in [0.1, 0.15) is 12.8 Å². The Kier molecular flexibility index (Phi) is 2.55. The van der Waals surface area contributed by atoms with E-state index in [-0.39, 0.29) is 0 Å². The molecule has 0 aliphatic rings. The van der Waals surface area contributed by atoms with Gasteiger partial charge in [0.25, 0.3) is 0 Å². The molecule has 14 heavy (non-hydrogen) atoms. The van der Waals surface area contributed by atoms with Gasteiger partial charge in [-0.25, -0.2) is 0 Å². The molecule has 6 heteroatoms. The van der Waals surface area contributed by atoms with Crippen LogP contribution in [-0.4, -0.2) is 26.3 Å². The first-order valence-corrected chi connectivity index (χ1v) is 5.03. The summed E-state index contributed by atoms with van der Waals surface area (Å²) in [5.74, 6) is 0.978. The van der Waals surface area contributed by atoms with Gasteiger partial charge in [0.2, 0.25) is 11.7 Å². The van der Waals surface area contributed by atoms with E-state index in [2.05, 4.69) is 15.1 Å². The molecule has 1 atom stereocenters. The van der Waals surface area contributed by atoms with E-state index < -0.39 is 6.10 Å². The second-order valence-corrected chi connectivity index (χ2v) is 3.82. The Hall–Kier alpha value is -1.27. The number of aliphatic hydroxyl groups excluding tert-OH is 1. The number of rotatable bonds is 3. The van der Waals surface area contributed by atoms with Crippen LogP contribution in [0.15, 0.2) is 16.2 Å². The molecule has 0 fully saturated rings. The molecule has 2 aromatic rings. The molecule has 2 rings (SSSR count). The van der Waals surface area contributed by atoms with Gasteiger partial charge < -0.3 is 9.63 Å². The van der Waals surface area contributed by atoms with E-state index in [1.54, 1.807) is 18.6 Å². The van der Waals surface area contributed by atoms with Crippen LogP contribution in [0.5, 0.6) is 0 Å². The van der Waals surface area contributed by atoms with Gasteiger partial charge in [0.05, 0.1) is 22.9 Å². The molecule has 0 bridgehead atoms. The number of hydrogen-bond acceptors (Lipinski definition) is 6. The highest BCUT2D eigenvalue weighted by Crippen LogP contribution is 2.19. The van der Waals surface area contributed by atoms with Crippen LogP contribution in [0.3, 0.4) is 0 Å². The number of aromatic nitrogens is 3. The molecule has 2 heterocycles. The molecule has 0 saturated carbocycles. The van der Waals surface area contributed by atoms with E-state index in [4.69, 9.17) is 9.63 Å². The van der Waals surface area contributed by atoms with Gasteiger partial charge in [-0.15, -0.1) is 11.3 Å². The van der Waals surface area contributed by atoms with E-state index in [0.717, 1.165) is 4.88 Å². The second kappa shape index (κ2) is 3.85. The van der Waals surface area contributed by atoms with Gasteiger partial charge in [-0.3, -0.25) is 4.98 Å². The molecule has 0 radical (unpaired) electrons. The summed E-state index contributed by atoms with van der Waals surface area (Å²) < 4.78 is 4.96. The minimum Gasteiger partial charge on any atom is -0.393 e. The lowest BCUT2D eigenvalue weighted by atomic mass is 10.3. The summed E-state index contributed by atoms with van der Waals surface area (Å²) >= 11 is 1.45. The Morgan fingerprint density at radius 1 is 1.64 bits per heavy atom. The number of hydrogen-bond donors (Lipinski definition) is 1. The fraction of sp³-hybridized carbons (Fsp3) is 0.375. The molecule has 1 N–H and O–H groups in total. The van der Waals surface area contributed by atoms with Crippen LogP contribution in [0.2, 0.25) is 0 Å². The fourth-order valence-electron chi connectivity index (χ4n) is 1.02. The molecule has 1 unspecified atom stereocenters. The average Bonchev–Trinajstić information content (AvgIpc) is 2.69. The van der Waals surface area contributed by atoms with Crippen molar-refractivity contribution in [1.29, 1.82) is 0 Å². The van der Waals surface area contributed by atoms with Crippen LogP contribution in [-0.2, 0) is 6.42 Å². The average molecular weight is 211 g/mol. The van der Waals surface area contributed by atoms with Crippen LogP contribution < -0.4 is 0 Å². The first kappa shape index (κ1) is 9.29. The third-order valence-electron chi connectivity index (χ3n) is 1.59. The van der Waals surface area contributed by atoms with Gasteiger partial charge >= 0.3 is 0 Å². The Morgan fingerprint density at radius 2 is 2.50 bits per heavy atom. The van der Waals surface area contributed by atoms with E-state index in [9.17, 15) is 0 Å². The molecule has 0 aromatic carbocycles. The normalized spacial score (nSPS) is 13.0. The van der Waals surface area contributed by atoms with Gasteiger partial charge in [-0.2, -0.15) is 4.98 Å². The zero-order valence-corrected chi connectivity index (χ0v) is 8.36. The second-order valence-electron chi connectivity index (χ2n) is 2.93. The SMILES string of the molecule is CC(O)Cc1nc(-c2cncs2)no1. The van der Waals surface area contributed by atoms with Crippen molar-refractivity contribution in [3.05, 3.63) is 17.6 Å². The van der Waals surface area contributed by atoms with Crippen LogP contribution >= 0.6 is 11.3 Å². The standard InChI is InChI=1S/C8H9N3O2S/c1-5(12)2-7-10-8(11-13-7)6-3-9-4-14-6/h3-5,12H,2H2,1H3. The van der Waals surface area contributed by atoms with Crippen molar-refractivity contribution in [2.24, 2.45) is 0 Å². The summed E-state index contributed by atoms with van der Waals surface area (Å²) in [5, 5.41) is 12.9. The molecule has 0 amide bonds. The minimum absolute atomic E-state index is 0.381. The van der Waals surface area contributed by atoms with Gasteiger partial charge in [0.1, 0.15) is 0 Å². The Labute approximate surface area is 84.4 Å². The molecule has 0 saturated heterocycles. The van der Waals surface area contributed by atoms with Crippen molar-refractivity contribution >= 4 is 11.3 Å². The lowest BCUT2D eigenvalue weighted by molar-refractivity contribution is 0.181. The first-order chi connectivity index (χ1) is 6.75. The van der Waals surface area contributed by atoms with Gasteiger partial charge in [-0.1, -0.05) is 5.16 Å². The minimum atomic E-state index is -0.468. The maximum Gasteiger partial charge on any atom is 0.229 e. The largest absolute Gasteiger partial charge is 0.393 e. The Bertz CT molecular complexity index is 396. The predicted octanol–water partition coefficient (Wildman–Crippen LogP) is 1.12. The number of aliphatic hydroxyl groups is 1. The van der Waals surface area contributed by atoms with Crippen LogP contribution in [0, 0.1) is 0 Å². The van der Waals surface area contributed by atoms with E-state index >= 15 is 0 Å². The summed E-state index contributed by atoms with van der Waals surface area (Å²) in [7, 11) is 0.